The normalized spacial score (nSPS) is 11.9. The second-order valence-corrected chi connectivity index (χ2v) is 8.07. The van der Waals surface area contributed by atoms with Gasteiger partial charge in [0.15, 0.2) is 0 Å². The molecule has 0 aliphatic heterocycles. The Morgan fingerprint density at radius 3 is 2.62 bits per heavy atom. The van der Waals surface area contributed by atoms with Crippen molar-refractivity contribution in [3.63, 3.8) is 0 Å². The van der Waals surface area contributed by atoms with Crippen LogP contribution in [0.2, 0.25) is 0 Å². The summed E-state index contributed by atoms with van der Waals surface area (Å²) in [6, 6.07) is 18.1. The molecule has 26 heavy (non-hydrogen) atoms. The Labute approximate surface area is 165 Å². The van der Waals surface area contributed by atoms with Crippen LogP contribution < -0.4 is 5.32 Å². The molecule has 0 fully saturated rings. The van der Waals surface area contributed by atoms with Crippen molar-refractivity contribution >= 4 is 39.5 Å². The van der Waals surface area contributed by atoms with Gasteiger partial charge in [0.2, 0.25) is 11.9 Å². The van der Waals surface area contributed by atoms with Crippen molar-refractivity contribution < 1.29 is 4.79 Å². The summed E-state index contributed by atoms with van der Waals surface area (Å²) in [5.41, 5.74) is 2.32. The third-order valence-electron chi connectivity index (χ3n) is 3.74. The Morgan fingerprint density at radius 2 is 1.88 bits per heavy atom. The highest BCUT2D eigenvalue weighted by Crippen LogP contribution is 2.18. The third kappa shape index (κ3) is 5.44. The number of rotatable bonds is 7. The molecule has 7 heteroatoms. The van der Waals surface area contributed by atoms with Crippen LogP contribution in [0.1, 0.15) is 18.1 Å². The number of aromatic nitrogens is 3. The number of hydrogen-bond acceptors (Lipinski definition) is 4. The molecule has 1 heterocycles. The van der Waals surface area contributed by atoms with Crippen LogP contribution >= 0.6 is 27.7 Å². The fraction of sp³-hybridized carbons (Fsp3) is 0.211. The molecule has 5 nitrogen and oxygen atoms in total. The molecular weight excluding hydrogens is 412 g/mol. The number of thioether (sulfide) groups is 1. The minimum absolute atomic E-state index is 0.0904. The first-order chi connectivity index (χ1) is 12.6. The Balaban J connectivity index is 1.51. The van der Waals surface area contributed by atoms with Gasteiger partial charge in [-0.2, -0.15) is 0 Å². The number of anilines is 1. The van der Waals surface area contributed by atoms with Gasteiger partial charge in [0.1, 0.15) is 6.33 Å². The van der Waals surface area contributed by atoms with Gasteiger partial charge >= 0.3 is 0 Å². The molecule has 0 saturated carbocycles. The summed E-state index contributed by atoms with van der Waals surface area (Å²) < 4.78 is 2.75. The van der Waals surface area contributed by atoms with E-state index < -0.39 is 0 Å². The highest BCUT2D eigenvalue weighted by atomic mass is 79.9. The van der Waals surface area contributed by atoms with Crippen LogP contribution in [-0.2, 0) is 17.1 Å². The Hall–Kier alpha value is -2.12. The monoisotopic (exact) mass is 430 g/mol. The molecule has 1 N–H and O–H groups in total. The fourth-order valence-corrected chi connectivity index (χ4v) is 3.40. The van der Waals surface area contributed by atoms with Crippen molar-refractivity contribution in [2.75, 3.05) is 5.32 Å². The summed E-state index contributed by atoms with van der Waals surface area (Å²) in [4.78, 5) is 16.5. The average Bonchev–Trinajstić information content (AvgIpc) is 3.09. The Morgan fingerprint density at radius 1 is 1.15 bits per heavy atom. The summed E-state index contributed by atoms with van der Waals surface area (Å²) in [6.07, 6.45) is 1.62. The van der Waals surface area contributed by atoms with Gasteiger partial charge in [0, 0.05) is 10.2 Å². The number of carbonyl (C=O) groups excluding carboxylic acids is 1. The van der Waals surface area contributed by atoms with Gasteiger partial charge in [0.25, 0.3) is 0 Å². The van der Waals surface area contributed by atoms with Crippen LogP contribution in [0.25, 0.3) is 0 Å². The maximum Gasteiger partial charge on any atom is 0.248 e. The molecule has 0 spiro atoms. The van der Waals surface area contributed by atoms with Crippen LogP contribution in [0, 0.1) is 0 Å². The van der Waals surface area contributed by atoms with Gasteiger partial charge in [-0.1, -0.05) is 58.4 Å². The molecule has 0 aliphatic rings. The largest absolute Gasteiger partial charge is 0.292 e. The fourth-order valence-electron chi connectivity index (χ4n) is 2.29. The summed E-state index contributed by atoms with van der Waals surface area (Å²) in [5.74, 6) is 1.03. The van der Waals surface area contributed by atoms with E-state index in [1.807, 2.05) is 49.4 Å². The van der Waals surface area contributed by atoms with Gasteiger partial charge in [-0.15, -0.1) is 16.9 Å². The van der Waals surface area contributed by atoms with Crippen molar-refractivity contribution in [1.82, 2.24) is 14.8 Å². The van der Waals surface area contributed by atoms with E-state index in [0.717, 1.165) is 15.8 Å². The van der Waals surface area contributed by atoms with E-state index in [9.17, 15) is 4.79 Å². The number of amides is 1. The van der Waals surface area contributed by atoms with Gasteiger partial charge in [0.05, 0.1) is 11.8 Å². The molecule has 1 aromatic heterocycles. The molecule has 1 amide bonds. The van der Waals surface area contributed by atoms with E-state index in [0.29, 0.717) is 12.5 Å². The Bertz CT molecular complexity index is 851. The first-order valence-electron chi connectivity index (χ1n) is 8.20. The van der Waals surface area contributed by atoms with Crippen molar-refractivity contribution in [2.24, 2.45) is 0 Å². The number of hydrogen-bond donors (Lipinski definition) is 1. The van der Waals surface area contributed by atoms with Crippen LogP contribution in [0.5, 0.6) is 0 Å². The Kier molecular flexibility index (Phi) is 6.46. The number of carbonyl (C=O) groups is 1. The van der Waals surface area contributed by atoms with Crippen LogP contribution in [0.15, 0.2) is 65.4 Å². The van der Waals surface area contributed by atoms with Crippen LogP contribution in [0.4, 0.5) is 5.95 Å². The lowest BCUT2D eigenvalue weighted by atomic mass is 10.2. The second-order valence-electron chi connectivity index (χ2n) is 5.82. The molecule has 2 aromatic carbocycles. The zero-order valence-corrected chi connectivity index (χ0v) is 16.7. The predicted molar refractivity (Wildman–Crippen MR) is 109 cm³/mol. The zero-order valence-electron chi connectivity index (χ0n) is 14.3. The van der Waals surface area contributed by atoms with E-state index in [1.165, 1.54) is 5.56 Å². The molecule has 1 atom stereocenters. The highest BCUT2D eigenvalue weighted by molar-refractivity contribution is 9.10. The quantitative estimate of drug-likeness (QED) is 0.605. The van der Waals surface area contributed by atoms with Gasteiger partial charge in [-0.25, -0.2) is 9.67 Å². The van der Waals surface area contributed by atoms with Crippen molar-refractivity contribution in [1.29, 1.82) is 0 Å². The highest BCUT2D eigenvalue weighted by Gasteiger charge is 2.15. The minimum atomic E-state index is -0.186. The van der Waals surface area contributed by atoms with Crippen molar-refractivity contribution in [2.45, 2.75) is 24.5 Å². The maximum atomic E-state index is 12.3. The lowest BCUT2D eigenvalue weighted by molar-refractivity contribution is -0.115. The third-order valence-corrected chi connectivity index (χ3v) is 5.48. The van der Waals surface area contributed by atoms with E-state index in [2.05, 4.69) is 43.5 Å². The summed E-state index contributed by atoms with van der Waals surface area (Å²) in [5, 5.41) is 6.92. The number of halogens is 1. The van der Waals surface area contributed by atoms with E-state index in [4.69, 9.17) is 0 Å². The summed E-state index contributed by atoms with van der Waals surface area (Å²) in [6.45, 7) is 2.50. The lowest BCUT2D eigenvalue weighted by Crippen LogP contribution is -2.23. The number of benzene rings is 2. The first kappa shape index (κ1) is 18.7. The van der Waals surface area contributed by atoms with Crippen LogP contribution in [0.3, 0.4) is 0 Å². The lowest BCUT2D eigenvalue weighted by Gasteiger charge is -2.10. The predicted octanol–water partition coefficient (Wildman–Crippen LogP) is 4.35. The topological polar surface area (TPSA) is 59.8 Å². The first-order valence-corrected chi connectivity index (χ1v) is 10.0. The summed E-state index contributed by atoms with van der Waals surface area (Å²) in [7, 11) is 0. The van der Waals surface area contributed by atoms with Crippen molar-refractivity contribution in [3.8, 4) is 0 Å². The maximum absolute atomic E-state index is 12.3. The molecule has 3 aromatic rings. The van der Waals surface area contributed by atoms with E-state index >= 15 is 0 Å². The molecule has 0 saturated heterocycles. The van der Waals surface area contributed by atoms with E-state index in [-0.39, 0.29) is 11.2 Å². The zero-order chi connectivity index (χ0) is 18.4. The van der Waals surface area contributed by atoms with Crippen LogP contribution in [-0.4, -0.2) is 25.9 Å². The molecule has 0 aliphatic carbocycles. The average molecular weight is 431 g/mol. The molecule has 0 bridgehead atoms. The smallest absolute Gasteiger partial charge is 0.248 e. The number of nitrogens with zero attached hydrogens (tertiary/aromatic N) is 3. The standard InChI is InChI=1S/C19H19BrN4OS/c1-14(26-12-16-5-3-2-4-6-16)18(25)22-19-21-13-24(23-19)11-15-7-9-17(20)10-8-15/h2-10,13-14H,11-12H2,1H3,(H,22,23,25). The van der Waals surface area contributed by atoms with Crippen molar-refractivity contribution in [3.05, 3.63) is 76.5 Å². The molecule has 1 unspecified atom stereocenters. The van der Waals surface area contributed by atoms with E-state index in [1.54, 1.807) is 22.8 Å². The molecule has 0 radical (unpaired) electrons. The van der Waals surface area contributed by atoms with Gasteiger partial charge < -0.3 is 0 Å². The molecule has 134 valence electrons. The SMILES string of the molecule is CC(SCc1ccccc1)C(=O)Nc1ncn(Cc2ccc(Br)cc2)n1. The molecular formula is C19H19BrN4OS. The second kappa shape index (κ2) is 9.00. The molecule has 3 rings (SSSR count). The van der Waals surface area contributed by atoms with Gasteiger partial charge in [-0.05, 0) is 30.2 Å². The van der Waals surface area contributed by atoms with Gasteiger partial charge in [-0.3, -0.25) is 10.1 Å². The number of nitrogens with one attached hydrogen (secondary N) is 1. The minimum Gasteiger partial charge on any atom is -0.292 e. The summed E-state index contributed by atoms with van der Waals surface area (Å²) >= 11 is 5.01.